The molecule has 134 valence electrons. The average Bonchev–Trinajstić information content (AvgIpc) is 2.69. The van der Waals surface area contributed by atoms with Gasteiger partial charge in [-0.05, 0) is 19.9 Å². The third-order valence-electron chi connectivity index (χ3n) is 3.43. The van der Waals surface area contributed by atoms with Gasteiger partial charge in [0.25, 0.3) is 0 Å². The molecule has 2 aliphatic rings. The van der Waals surface area contributed by atoms with Crippen molar-refractivity contribution in [2.45, 2.75) is 42.7 Å². The van der Waals surface area contributed by atoms with E-state index in [4.69, 9.17) is 47.2 Å². The van der Waals surface area contributed by atoms with Crippen LogP contribution in [0.15, 0.2) is 17.1 Å². The molecule has 9 nitrogen and oxygen atoms in total. The highest BCUT2D eigenvalue weighted by atomic mass is 35.5. The van der Waals surface area contributed by atoms with Crippen molar-refractivity contribution in [2.24, 2.45) is 0 Å². The fourth-order valence-corrected chi connectivity index (χ4v) is 4.89. The number of aromatic nitrogens is 2. The van der Waals surface area contributed by atoms with Crippen LogP contribution in [0, 0.1) is 0 Å². The van der Waals surface area contributed by atoms with Crippen LogP contribution in [-0.4, -0.2) is 38.8 Å². The molecule has 2 N–H and O–H groups in total. The largest absolute Gasteiger partial charge is 0.475 e. The SMILES string of the molecule is CC(C)OP1(=O)OCC2OC(n3ccc(N)nc3=O)C(Cl)(Cl)C2O1. The monoisotopic (exact) mass is 399 g/mol. The number of anilines is 1. The number of phosphoric acid groups is 1. The van der Waals surface area contributed by atoms with Gasteiger partial charge in [-0.3, -0.25) is 18.1 Å². The number of hydrogen-bond donors (Lipinski definition) is 1. The van der Waals surface area contributed by atoms with Crippen molar-refractivity contribution in [2.75, 3.05) is 12.3 Å². The van der Waals surface area contributed by atoms with Gasteiger partial charge >= 0.3 is 13.5 Å². The first-order valence-corrected chi connectivity index (χ1v) is 9.33. The summed E-state index contributed by atoms with van der Waals surface area (Å²) in [7, 11) is -3.83. The molecule has 4 unspecified atom stereocenters. The first-order chi connectivity index (χ1) is 11.1. The number of halogens is 2. The highest BCUT2D eigenvalue weighted by Crippen LogP contribution is 2.61. The van der Waals surface area contributed by atoms with Crippen LogP contribution in [0.5, 0.6) is 0 Å². The molecule has 2 aliphatic heterocycles. The van der Waals surface area contributed by atoms with E-state index < -0.39 is 42.4 Å². The number of phosphoric ester groups is 1. The second kappa shape index (κ2) is 6.25. The van der Waals surface area contributed by atoms with Gasteiger partial charge in [-0.2, -0.15) is 4.98 Å². The maximum atomic E-state index is 12.5. The lowest BCUT2D eigenvalue weighted by Gasteiger charge is -2.33. The second-order valence-electron chi connectivity index (χ2n) is 5.67. The summed E-state index contributed by atoms with van der Waals surface area (Å²) in [6, 6.07) is 1.40. The summed E-state index contributed by atoms with van der Waals surface area (Å²) < 4.78 is 33.3. The molecule has 2 saturated heterocycles. The van der Waals surface area contributed by atoms with Gasteiger partial charge in [0.05, 0.1) is 12.7 Å². The molecule has 1 aromatic heterocycles. The number of ether oxygens (including phenoxy) is 1. The zero-order valence-electron chi connectivity index (χ0n) is 12.8. The molecule has 24 heavy (non-hydrogen) atoms. The van der Waals surface area contributed by atoms with Crippen molar-refractivity contribution in [3.05, 3.63) is 22.7 Å². The van der Waals surface area contributed by atoms with E-state index in [1.54, 1.807) is 13.8 Å². The molecule has 0 spiro atoms. The van der Waals surface area contributed by atoms with Gasteiger partial charge in [0, 0.05) is 6.20 Å². The summed E-state index contributed by atoms with van der Waals surface area (Å²) in [6.07, 6.45) is -1.90. The standard InChI is InChI=1S/C12H16Cl2N3O6P/c1-6(2)22-24(19)20-5-7-9(23-24)12(13,14)10(21-7)17-4-3-8(15)16-11(17)18/h3-4,6-7,9-10H,5H2,1-2H3,(H2,15,16,18). The number of alkyl halides is 2. The zero-order valence-corrected chi connectivity index (χ0v) is 15.2. The summed E-state index contributed by atoms with van der Waals surface area (Å²) in [4.78, 5) is 15.6. The molecule has 12 heteroatoms. The van der Waals surface area contributed by atoms with Crippen molar-refractivity contribution < 1.29 is 22.9 Å². The molecule has 0 aliphatic carbocycles. The molecule has 0 radical (unpaired) electrons. The number of hydrogen-bond acceptors (Lipinski definition) is 8. The molecule has 3 rings (SSSR count). The lowest BCUT2D eigenvalue weighted by molar-refractivity contribution is -0.0748. The number of rotatable bonds is 3. The van der Waals surface area contributed by atoms with Gasteiger partial charge in [-0.15, -0.1) is 0 Å². The lowest BCUT2D eigenvalue weighted by atomic mass is 10.2. The predicted molar refractivity (Wildman–Crippen MR) is 85.9 cm³/mol. The smallest absolute Gasteiger partial charge is 0.383 e. The van der Waals surface area contributed by atoms with Crippen LogP contribution in [0.25, 0.3) is 0 Å². The Balaban J connectivity index is 1.90. The van der Waals surface area contributed by atoms with Crippen molar-refractivity contribution in [3.63, 3.8) is 0 Å². The van der Waals surface area contributed by atoms with Crippen LogP contribution in [0.2, 0.25) is 0 Å². The van der Waals surface area contributed by atoms with E-state index in [2.05, 4.69) is 4.98 Å². The third-order valence-corrected chi connectivity index (χ3v) is 5.87. The molecule has 3 heterocycles. The van der Waals surface area contributed by atoms with E-state index in [9.17, 15) is 9.36 Å². The van der Waals surface area contributed by atoms with Crippen LogP contribution in [0.4, 0.5) is 5.82 Å². The molecule has 2 fully saturated rings. The highest BCUT2D eigenvalue weighted by molar-refractivity contribution is 7.48. The molecule has 0 amide bonds. The van der Waals surface area contributed by atoms with Crippen LogP contribution < -0.4 is 11.4 Å². The Morgan fingerprint density at radius 3 is 2.88 bits per heavy atom. The minimum Gasteiger partial charge on any atom is -0.383 e. The van der Waals surface area contributed by atoms with E-state index >= 15 is 0 Å². The number of nitrogens with two attached hydrogens (primary N) is 1. The minimum atomic E-state index is -3.83. The fraction of sp³-hybridized carbons (Fsp3) is 0.667. The minimum absolute atomic E-state index is 0.0517. The first kappa shape index (κ1) is 18.1. The molecule has 4 atom stereocenters. The van der Waals surface area contributed by atoms with Gasteiger partial charge in [-0.1, -0.05) is 23.2 Å². The fourth-order valence-electron chi connectivity index (χ4n) is 2.48. The Kier molecular flexibility index (Phi) is 4.72. The van der Waals surface area contributed by atoms with E-state index in [0.717, 1.165) is 4.57 Å². The van der Waals surface area contributed by atoms with Gasteiger partial charge in [0.2, 0.25) is 0 Å². The maximum absolute atomic E-state index is 12.5. The third kappa shape index (κ3) is 3.22. The van der Waals surface area contributed by atoms with Crippen molar-refractivity contribution in [3.8, 4) is 0 Å². The normalized spacial score (nSPS) is 35.1. The summed E-state index contributed by atoms with van der Waals surface area (Å²) in [5.74, 6) is 0.0517. The maximum Gasteiger partial charge on any atom is 0.475 e. The van der Waals surface area contributed by atoms with Crippen LogP contribution in [0.1, 0.15) is 20.1 Å². The highest BCUT2D eigenvalue weighted by Gasteiger charge is 2.62. The van der Waals surface area contributed by atoms with E-state index in [1.807, 2.05) is 0 Å². The summed E-state index contributed by atoms with van der Waals surface area (Å²) >= 11 is 12.8. The number of fused-ring (bicyclic) bond motifs is 1. The topological polar surface area (TPSA) is 115 Å². The van der Waals surface area contributed by atoms with E-state index in [0.29, 0.717) is 0 Å². The molecular weight excluding hydrogens is 384 g/mol. The Bertz CT molecular complexity index is 742. The van der Waals surface area contributed by atoms with Crippen LogP contribution in [0.3, 0.4) is 0 Å². The van der Waals surface area contributed by atoms with Crippen LogP contribution in [-0.2, 0) is 22.9 Å². The summed E-state index contributed by atoms with van der Waals surface area (Å²) in [6.45, 7) is 3.25. The summed E-state index contributed by atoms with van der Waals surface area (Å²) in [5.41, 5.74) is 4.78. The molecule has 0 bridgehead atoms. The van der Waals surface area contributed by atoms with Crippen molar-refractivity contribution in [1.29, 1.82) is 0 Å². The Morgan fingerprint density at radius 2 is 2.25 bits per heavy atom. The average molecular weight is 400 g/mol. The quantitative estimate of drug-likeness (QED) is 0.604. The van der Waals surface area contributed by atoms with Crippen molar-refractivity contribution >= 4 is 36.8 Å². The van der Waals surface area contributed by atoms with Gasteiger partial charge in [-0.25, -0.2) is 9.36 Å². The Morgan fingerprint density at radius 1 is 1.54 bits per heavy atom. The number of nitrogens with zero attached hydrogens (tertiary/aromatic N) is 2. The lowest BCUT2D eigenvalue weighted by Crippen LogP contribution is -2.43. The Labute approximate surface area is 147 Å². The molecule has 0 saturated carbocycles. The Hall–Kier alpha value is -0.670. The first-order valence-electron chi connectivity index (χ1n) is 7.12. The molecular formula is C12H16Cl2N3O6P. The van der Waals surface area contributed by atoms with Gasteiger partial charge < -0.3 is 10.5 Å². The molecule has 0 aromatic carbocycles. The number of nitrogen functional groups attached to an aromatic ring is 1. The van der Waals surface area contributed by atoms with Gasteiger partial charge in [0.15, 0.2) is 10.6 Å². The van der Waals surface area contributed by atoms with Crippen molar-refractivity contribution in [1.82, 2.24) is 9.55 Å². The zero-order chi connectivity index (χ0) is 17.7. The van der Waals surface area contributed by atoms with Crippen LogP contribution >= 0.6 is 31.0 Å². The van der Waals surface area contributed by atoms with E-state index in [1.165, 1.54) is 12.3 Å². The van der Waals surface area contributed by atoms with Gasteiger partial charge in [0.1, 0.15) is 18.0 Å². The second-order valence-corrected chi connectivity index (χ2v) is 8.69. The van der Waals surface area contributed by atoms with E-state index in [-0.39, 0.29) is 12.4 Å². The predicted octanol–water partition coefficient (Wildman–Crippen LogP) is 1.85. The summed E-state index contributed by atoms with van der Waals surface area (Å²) in [5, 5.41) is 0. The molecule has 1 aromatic rings.